The van der Waals surface area contributed by atoms with E-state index in [4.69, 9.17) is 4.74 Å². The average molecular weight is 273 g/mol. The van der Waals surface area contributed by atoms with E-state index in [9.17, 15) is 4.79 Å². The van der Waals surface area contributed by atoms with Gasteiger partial charge < -0.3 is 4.74 Å². The van der Waals surface area contributed by atoms with E-state index in [1.165, 1.54) is 5.56 Å². The van der Waals surface area contributed by atoms with Crippen LogP contribution in [0, 0.1) is 5.92 Å². The highest BCUT2D eigenvalue weighted by molar-refractivity contribution is 5.98. The van der Waals surface area contributed by atoms with Gasteiger partial charge in [0.25, 0.3) is 0 Å². The summed E-state index contributed by atoms with van der Waals surface area (Å²) < 4.78 is 5.62. The number of ketones is 1. The maximum absolute atomic E-state index is 12.7. The molecule has 2 aliphatic heterocycles. The van der Waals surface area contributed by atoms with Crippen molar-refractivity contribution >= 4 is 5.78 Å². The molecule has 108 valence electrons. The van der Waals surface area contributed by atoms with E-state index >= 15 is 0 Å². The Morgan fingerprint density at radius 2 is 1.80 bits per heavy atom. The molecule has 2 saturated heterocycles. The predicted molar refractivity (Wildman–Crippen MR) is 79.0 cm³/mol. The maximum atomic E-state index is 12.7. The van der Waals surface area contributed by atoms with Crippen molar-refractivity contribution in [3.05, 3.63) is 35.4 Å². The van der Waals surface area contributed by atoms with Crippen molar-refractivity contribution in [1.29, 1.82) is 0 Å². The van der Waals surface area contributed by atoms with Gasteiger partial charge in [0.15, 0.2) is 5.78 Å². The lowest BCUT2D eigenvalue weighted by Gasteiger charge is -2.46. The first kappa shape index (κ1) is 13.8. The second-order valence-corrected chi connectivity index (χ2v) is 6.09. The summed E-state index contributed by atoms with van der Waals surface area (Å²) in [6.07, 6.45) is 2.88. The molecule has 2 fully saturated rings. The van der Waals surface area contributed by atoms with Crippen LogP contribution in [0.1, 0.15) is 35.7 Å². The van der Waals surface area contributed by atoms with E-state index in [-0.39, 0.29) is 5.92 Å². The molecule has 0 spiro atoms. The summed E-state index contributed by atoms with van der Waals surface area (Å²) in [7, 11) is 2.16. The average Bonchev–Trinajstić information content (AvgIpc) is 2.46. The molecular formula is C17H23NO2. The molecule has 20 heavy (non-hydrogen) atoms. The minimum atomic E-state index is 0.164. The number of hydrogen-bond donors (Lipinski definition) is 0. The zero-order chi connectivity index (χ0) is 14.1. The molecule has 2 bridgehead atoms. The van der Waals surface area contributed by atoms with Crippen LogP contribution in [-0.4, -0.2) is 43.0 Å². The van der Waals surface area contributed by atoms with Crippen molar-refractivity contribution < 1.29 is 9.53 Å². The van der Waals surface area contributed by atoms with Crippen molar-refractivity contribution in [2.75, 3.05) is 20.3 Å². The second-order valence-electron chi connectivity index (χ2n) is 6.09. The Balaban J connectivity index is 1.74. The Morgan fingerprint density at radius 1 is 1.20 bits per heavy atom. The third kappa shape index (κ3) is 2.52. The van der Waals surface area contributed by atoms with Crippen LogP contribution in [0.15, 0.2) is 24.3 Å². The first-order valence-electron chi connectivity index (χ1n) is 7.62. The number of carbonyl (C=O) groups excluding carboxylic acids is 1. The molecule has 0 N–H and O–H groups in total. The van der Waals surface area contributed by atoms with Gasteiger partial charge in [0.2, 0.25) is 0 Å². The number of fused-ring (bicyclic) bond motifs is 2. The van der Waals surface area contributed by atoms with Gasteiger partial charge in [-0.25, -0.2) is 0 Å². The Kier molecular flexibility index (Phi) is 3.90. The standard InChI is InChI=1S/C17H23NO2/c1-3-12-4-6-13(7-5-12)17(19)14-8-15-10-20-11-16(9-14)18(15)2/h4-7,14-16H,3,8-11H2,1-2H3. The van der Waals surface area contributed by atoms with E-state index < -0.39 is 0 Å². The number of piperidine rings is 1. The summed E-state index contributed by atoms with van der Waals surface area (Å²) >= 11 is 0. The zero-order valence-corrected chi connectivity index (χ0v) is 12.3. The minimum absolute atomic E-state index is 0.164. The molecule has 2 unspecified atom stereocenters. The SMILES string of the molecule is CCc1ccc(C(=O)C2CC3COCC(C2)N3C)cc1. The number of ether oxygens (including phenoxy) is 1. The monoisotopic (exact) mass is 273 g/mol. The molecule has 3 rings (SSSR count). The maximum Gasteiger partial charge on any atom is 0.166 e. The van der Waals surface area contributed by atoms with Crippen LogP contribution in [0.4, 0.5) is 0 Å². The zero-order valence-electron chi connectivity index (χ0n) is 12.3. The van der Waals surface area contributed by atoms with Crippen LogP contribution in [0.25, 0.3) is 0 Å². The van der Waals surface area contributed by atoms with Crippen molar-refractivity contribution in [1.82, 2.24) is 4.90 Å². The van der Waals surface area contributed by atoms with E-state index in [1.54, 1.807) is 0 Å². The molecule has 2 heterocycles. The van der Waals surface area contributed by atoms with Gasteiger partial charge in [-0.15, -0.1) is 0 Å². The number of nitrogens with zero attached hydrogens (tertiary/aromatic N) is 1. The number of likely N-dealkylation sites (N-methyl/N-ethyl adjacent to an activating group) is 1. The normalized spacial score (nSPS) is 30.2. The number of morpholine rings is 1. The minimum Gasteiger partial charge on any atom is -0.378 e. The molecule has 0 saturated carbocycles. The summed E-state index contributed by atoms with van der Waals surface area (Å²) in [5.41, 5.74) is 2.16. The summed E-state index contributed by atoms with van der Waals surface area (Å²) in [4.78, 5) is 15.1. The number of hydrogen-bond acceptors (Lipinski definition) is 3. The molecule has 2 atom stereocenters. The van der Waals surface area contributed by atoms with Crippen molar-refractivity contribution in [3.63, 3.8) is 0 Å². The molecule has 3 heteroatoms. The van der Waals surface area contributed by atoms with Gasteiger partial charge in [-0.2, -0.15) is 0 Å². The largest absolute Gasteiger partial charge is 0.378 e. The summed E-state index contributed by atoms with van der Waals surface area (Å²) in [6, 6.07) is 8.95. The second kappa shape index (κ2) is 5.66. The van der Waals surface area contributed by atoms with Crippen LogP contribution in [0.2, 0.25) is 0 Å². The molecular weight excluding hydrogens is 250 g/mol. The first-order chi connectivity index (χ1) is 9.69. The van der Waals surface area contributed by atoms with Gasteiger partial charge >= 0.3 is 0 Å². The highest BCUT2D eigenvalue weighted by Gasteiger charge is 2.39. The molecule has 0 aromatic heterocycles. The molecule has 0 radical (unpaired) electrons. The van der Waals surface area contributed by atoms with Gasteiger partial charge in [0.1, 0.15) is 0 Å². The fraction of sp³-hybridized carbons (Fsp3) is 0.588. The van der Waals surface area contributed by atoms with E-state index in [2.05, 4.69) is 31.0 Å². The number of benzene rings is 1. The Bertz CT molecular complexity index is 468. The molecule has 1 aromatic carbocycles. The molecule has 0 amide bonds. The predicted octanol–water partition coefficient (Wildman–Crippen LogP) is 2.54. The third-order valence-corrected chi connectivity index (χ3v) is 4.90. The lowest BCUT2D eigenvalue weighted by molar-refractivity contribution is -0.0702. The lowest BCUT2D eigenvalue weighted by Crippen LogP contribution is -2.55. The fourth-order valence-electron chi connectivity index (χ4n) is 3.45. The third-order valence-electron chi connectivity index (χ3n) is 4.90. The van der Waals surface area contributed by atoms with Gasteiger partial charge in [-0.1, -0.05) is 31.2 Å². The highest BCUT2D eigenvalue weighted by atomic mass is 16.5. The van der Waals surface area contributed by atoms with Crippen LogP contribution in [0.3, 0.4) is 0 Å². The fourth-order valence-corrected chi connectivity index (χ4v) is 3.45. The summed E-state index contributed by atoms with van der Waals surface area (Å²) in [5, 5.41) is 0. The lowest BCUT2D eigenvalue weighted by atomic mass is 9.81. The van der Waals surface area contributed by atoms with Crippen molar-refractivity contribution in [2.45, 2.75) is 38.3 Å². The van der Waals surface area contributed by atoms with Gasteiger partial charge in [0.05, 0.1) is 13.2 Å². The van der Waals surface area contributed by atoms with Gasteiger partial charge in [-0.05, 0) is 31.9 Å². The number of Topliss-reactive ketones (excluding diaryl/α,β-unsaturated/α-hetero) is 1. The summed E-state index contributed by atoms with van der Waals surface area (Å²) in [5.74, 6) is 0.482. The molecule has 0 aliphatic carbocycles. The van der Waals surface area contributed by atoms with Crippen molar-refractivity contribution in [3.8, 4) is 0 Å². The smallest absolute Gasteiger partial charge is 0.166 e. The molecule has 3 nitrogen and oxygen atoms in total. The van der Waals surface area contributed by atoms with Crippen LogP contribution in [-0.2, 0) is 11.2 Å². The van der Waals surface area contributed by atoms with Gasteiger partial charge in [-0.3, -0.25) is 9.69 Å². The number of carbonyl (C=O) groups is 1. The van der Waals surface area contributed by atoms with Crippen LogP contribution < -0.4 is 0 Å². The number of aryl methyl sites for hydroxylation is 1. The first-order valence-corrected chi connectivity index (χ1v) is 7.62. The highest BCUT2D eigenvalue weighted by Crippen LogP contribution is 2.32. The van der Waals surface area contributed by atoms with E-state index in [0.717, 1.165) is 38.0 Å². The van der Waals surface area contributed by atoms with E-state index in [1.807, 2.05) is 12.1 Å². The Hall–Kier alpha value is -1.19. The van der Waals surface area contributed by atoms with E-state index in [0.29, 0.717) is 17.9 Å². The van der Waals surface area contributed by atoms with Gasteiger partial charge in [0, 0.05) is 23.6 Å². The Labute approximate surface area is 120 Å². The molecule has 2 aliphatic rings. The van der Waals surface area contributed by atoms with Crippen LogP contribution in [0.5, 0.6) is 0 Å². The van der Waals surface area contributed by atoms with Crippen molar-refractivity contribution in [2.24, 2.45) is 5.92 Å². The topological polar surface area (TPSA) is 29.5 Å². The quantitative estimate of drug-likeness (QED) is 0.793. The molecule has 1 aromatic rings. The summed E-state index contributed by atoms with van der Waals surface area (Å²) in [6.45, 7) is 3.67. The van der Waals surface area contributed by atoms with Crippen LogP contribution >= 0.6 is 0 Å². The number of rotatable bonds is 3. The Morgan fingerprint density at radius 3 is 2.35 bits per heavy atom.